The quantitative estimate of drug-likeness (QED) is 0.917. The maximum atomic E-state index is 13.0. The van der Waals surface area contributed by atoms with E-state index in [9.17, 15) is 9.18 Å². The summed E-state index contributed by atoms with van der Waals surface area (Å²) in [6.45, 7) is 5.64. The minimum atomic E-state index is -0.262. The van der Waals surface area contributed by atoms with E-state index >= 15 is 0 Å². The molecule has 1 N–H and O–H groups in total. The third-order valence-corrected chi connectivity index (χ3v) is 5.49. The summed E-state index contributed by atoms with van der Waals surface area (Å²) in [6.07, 6.45) is 1.67. The average Bonchev–Trinajstić information content (AvgIpc) is 3.02. The lowest BCUT2D eigenvalue weighted by molar-refractivity contribution is -0.126. The third kappa shape index (κ3) is 3.93. The molecule has 1 fully saturated rings. The van der Waals surface area contributed by atoms with E-state index in [0.717, 1.165) is 42.3 Å². The number of piperidine rings is 1. The van der Waals surface area contributed by atoms with Crippen LogP contribution in [-0.4, -0.2) is 24.0 Å². The molecule has 0 saturated carbocycles. The zero-order chi connectivity index (χ0) is 17.1. The van der Waals surface area contributed by atoms with Crippen LogP contribution in [0, 0.1) is 18.7 Å². The zero-order valence-electron chi connectivity index (χ0n) is 14.0. The lowest BCUT2D eigenvalue weighted by Crippen LogP contribution is -2.41. The second-order valence-corrected chi connectivity index (χ2v) is 7.15. The first-order valence-corrected chi connectivity index (χ1v) is 9.14. The molecule has 3 rings (SSSR count). The molecular weight excluding hydrogens is 325 g/mol. The summed E-state index contributed by atoms with van der Waals surface area (Å²) >= 11 is 1.66. The van der Waals surface area contributed by atoms with Gasteiger partial charge in [0.1, 0.15) is 5.82 Å². The van der Waals surface area contributed by atoms with E-state index in [1.165, 1.54) is 12.1 Å². The number of halogens is 1. The first-order valence-electron chi connectivity index (χ1n) is 8.26. The molecule has 0 bridgehead atoms. The fourth-order valence-electron chi connectivity index (χ4n) is 2.99. The summed E-state index contributed by atoms with van der Waals surface area (Å²) in [5.74, 6) is -0.144. The molecule has 1 atom stereocenters. The van der Waals surface area contributed by atoms with E-state index in [-0.39, 0.29) is 23.7 Å². The molecule has 2 heterocycles. The molecule has 0 unspecified atom stereocenters. The van der Waals surface area contributed by atoms with Crippen molar-refractivity contribution in [3.05, 3.63) is 46.7 Å². The standard InChI is InChI=1S/C18H22FN3OS/c1-12-11-24-18(20-12)22-9-7-15(8-10-22)17(23)21-13(2)14-3-5-16(19)6-4-14/h3-6,11,13,15H,7-10H2,1-2H3,(H,21,23)/t13-/m0/s1. The van der Waals surface area contributed by atoms with Gasteiger partial charge in [0, 0.05) is 24.4 Å². The van der Waals surface area contributed by atoms with Crippen LogP contribution in [0.2, 0.25) is 0 Å². The molecule has 24 heavy (non-hydrogen) atoms. The largest absolute Gasteiger partial charge is 0.349 e. The van der Waals surface area contributed by atoms with E-state index in [1.807, 2.05) is 13.8 Å². The highest BCUT2D eigenvalue weighted by Crippen LogP contribution is 2.26. The highest BCUT2D eigenvalue weighted by atomic mass is 32.1. The van der Waals surface area contributed by atoms with Gasteiger partial charge in [-0.05, 0) is 44.4 Å². The molecule has 1 saturated heterocycles. The van der Waals surface area contributed by atoms with Crippen molar-refractivity contribution in [1.29, 1.82) is 0 Å². The van der Waals surface area contributed by atoms with Crippen molar-refractivity contribution in [2.75, 3.05) is 18.0 Å². The van der Waals surface area contributed by atoms with E-state index in [2.05, 4.69) is 20.6 Å². The van der Waals surface area contributed by atoms with Crippen molar-refractivity contribution in [3.8, 4) is 0 Å². The van der Waals surface area contributed by atoms with Crippen molar-refractivity contribution >= 4 is 22.4 Å². The fraction of sp³-hybridized carbons (Fsp3) is 0.444. The maximum absolute atomic E-state index is 13.0. The topological polar surface area (TPSA) is 45.2 Å². The van der Waals surface area contributed by atoms with E-state index in [1.54, 1.807) is 23.5 Å². The molecular formula is C18H22FN3OS. The Bertz CT molecular complexity index is 693. The number of aryl methyl sites for hydroxylation is 1. The summed E-state index contributed by atoms with van der Waals surface area (Å²) in [7, 11) is 0. The summed E-state index contributed by atoms with van der Waals surface area (Å²) in [4.78, 5) is 19.2. The number of rotatable bonds is 4. The lowest BCUT2D eigenvalue weighted by atomic mass is 9.95. The Kier molecular flexibility index (Phi) is 5.14. The van der Waals surface area contributed by atoms with Crippen LogP contribution in [0.3, 0.4) is 0 Å². The Morgan fingerprint density at radius 3 is 2.58 bits per heavy atom. The van der Waals surface area contributed by atoms with Gasteiger partial charge in [-0.15, -0.1) is 11.3 Å². The van der Waals surface area contributed by atoms with Crippen LogP contribution in [0.25, 0.3) is 0 Å². The number of carbonyl (C=O) groups excluding carboxylic acids is 1. The minimum absolute atomic E-state index is 0.0326. The smallest absolute Gasteiger partial charge is 0.223 e. The van der Waals surface area contributed by atoms with Crippen molar-refractivity contribution in [1.82, 2.24) is 10.3 Å². The number of benzene rings is 1. The van der Waals surface area contributed by atoms with Crippen LogP contribution < -0.4 is 10.2 Å². The second-order valence-electron chi connectivity index (χ2n) is 6.31. The minimum Gasteiger partial charge on any atom is -0.349 e. The first kappa shape index (κ1) is 16.9. The number of nitrogens with zero attached hydrogens (tertiary/aromatic N) is 2. The maximum Gasteiger partial charge on any atom is 0.223 e. The van der Waals surface area contributed by atoms with Gasteiger partial charge in [-0.3, -0.25) is 4.79 Å². The SMILES string of the molecule is Cc1csc(N2CCC(C(=O)N[C@@H](C)c3ccc(F)cc3)CC2)n1. The van der Waals surface area contributed by atoms with Gasteiger partial charge >= 0.3 is 0 Å². The summed E-state index contributed by atoms with van der Waals surface area (Å²) in [5.41, 5.74) is 1.96. The molecule has 4 nitrogen and oxygen atoms in total. The fourth-order valence-corrected chi connectivity index (χ4v) is 3.84. The van der Waals surface area contributed by atoms with Crippen LogP contribution >= 0.6 is 11.3 Å². The normalized spacial score (nSPS) is 16.9. The van der Waals surface area contributed by atoms with Gasteiger partial charge < -0.3 is 10.2 Å². The van der Waals surface area contributed by atoms with Gasteiger partial charge in [0.05, 0.1) is 11.7 Å². The van der Waals surface area contributed by atoms with Crippen molar-refractivity contribution < 1.29 is 9.18 Å². The lowest BCUT2D eigenvalue weighted by Gasteiger charge is -2.31. The van der Waals surface area contributed by atoms with E-state index in [0.29, 0.717) is 0 Å². The molecule has 2 aromatic rings. The molecule has 1 aromatic heterocycles. The highest BCUT2D eigenvalue weighted by molar-refractivity contribution is 7.13. The molecule has 0 spiro atoms. The van der Waals surface area contributed by atoms with Crippen molar-refractivity contribution in [2.45, 2.75) is 32.7 Å². The van der Waals surface area contributed by atoms with Crippen LogP contribution in [-0.2, 0) is 4.79 Å². The summed E-state index contributed by atoms with van der Waals surface area (Å²) in [5, 5.41) is 6.15. The number of anilines is 1. The van der Waals surface area contributed by atoms with Crippen LogP contribution in [0.5, 0.6) is 0 Å². The Hall–Kier alpha value is -1.95. The van der Waals surface area contributed by atoms with Crippen LogP contribution in [0.4, 0.5) is 9.52 Å². The summed E-state index contributed by atoms with van der Waals surface area (Å²) < 4.78 is 13.0. The van der Waals surface area contributed by atoms with E-state index in [4.69, 9.17) is 0 Å². The molecule has 1 amide bonds. The number of aromatic nitrogens is 1. The number of hydrogen-bond donors (Lipinski definition) is 1. The van der Waals surface area contributed by atoms with Crippen LogP contribution in [0.15, 0.2) is 29.6 Å². The van der Waals surface area contributed by atoms with Gasteiger partial charge in [0.15, 0.2) is 5.13 Å². The van der Waals surface area contributed by atoms with Crippen LogP contribution in [0.1, 0.15) is 37.1 Å². The molecule has 1 aliphatic heterocycles. The van der Waals surface area contributed by atoms with E-state index < -0.39 is 0 Å². The van der Waals surface area contributed by atoms with Crippen molar-refractivity contribution in [3.63, 3.8) is 0 Å². The van der Waals surface area contributed by atoms with Gasteiger partial charge in [-0.2, -0.15) is 0 Å². The number of nitrogens with one attached hydrogen (secondary N) is 1. The number of amides is 1. The molecule has 1 aromatic carbocycles. The highest BCUT2D eigenvalue weighted by Gasteiger charge is 2.27. The predicted molar refractivity (Wildman–Crippen MR) is 94.7 cm³/mol. The van der Waals surface area contributed by atoms with Gasteiger partial charge in [-0.25, -0.2) is 9.37 Å². The van der Waals surface area contributed by atoms with Gasteiger partial charge in [0.2, 0.25) is 5.91 Å². The number of hydrogen-bond acceptors (Lipinski definition) is 4. The monoisotopic (exact) mass is 347 g/mol. The van der Waals surface area contributed by atoms with Gasteiger partial charge in [0.25, 0.3) is 0 Å². The molecule has 0 radical (unpaired) electrons. The van der Waals surface area contributed by atoms with Gasteiger partial charge in [-0.1, -0.05) is 12.1 Å². The average molecular weight is 347 g/mol. The molecule has 0 aliphatic carbocycles. The molecule has 6 heteroatoms. The Labute approximate surface area is 145 Å². The Balaban J connectivity index is 1.52. The first-order chi connectivity index (χ1) is 11.5. The van der Waals surface area contributed by atoms with Crippen molar-refractivity contribution in [2.24, 2.45) is 5.92 Å². The number of carbonyl (C=O) groups is 1. The Morgan fingerprint density at radius 1 is 1.33 bits per heavy atom. The predicted octanol–water partition coefficient (Wildman–Crippen LogP) is 3.68. The third-order valence-electron chi connectivity index (χ3n) is 4.47. The number of thiazole rings is 1. The molecule has 128 valence electrons. The Morgan fingerprint density at radius 2 is 2.00 bits per heavy atom. The second kappa shape index (κ2) is 7.30. The zero-order valence-corrected chi connectivity index (χ0v) is 14.8. The summed E-state index contributed by atoms with van der Waals surface area (Å²) in [6, 6.07) is 6.16. The molecule has 1 aliphatic rings.